The molecule has 4 aromatic rings. The highest BCUT2D eigenvalue weighted by Gasteiger charge is 2.34. The van der Waals surface area contributed by atoms with Crippen molar-refractivity contribution >= 4 is 0 Å². The summed E-state index contributed by atoms with van der Waals surface area (Å²) in [5, 5.41) is 20.5. The number of hydrogen-bond donors (Lipinski definition) is 3. The molecule has 1 fully saturated rings. The Bertz CT molecular complexity index is 1380. The molecule has 1 saturated heterocycles. The predicted molar refractivity (Wildman–Crippen MR) is 162 cm³/mol. The van der Waals surface area contributed by atoms with Gasteiger partial charge in [-0.2, -0.15) is 0 Å². The van der Waals surface area contributed by atoms with E-state index in [0.717, 1.165) is 38.9 Å². The number of nitrogens with two attached hydrogens (primary N) is 1. The number of likely N-dealkylation sites (N-methyl/N-ethyl adjacent to an activating group) is 1. The fraction of sp³-hybridized carbons (Fsp3) is 0.314. The first-order chi connectivity index (χ1) is 20.0. The Morgan fingerprint density at radius 2 is 1.51 bits per heavy atom. The van der Waals surface area contributed by atoms with Gasteiger partial charge in [-0.1, -0.05) is 103 Å². The molecule has 6 nitrogen and oxygen atoms in total. The van der Waals surface area contributed by atoms with E-state index >= 15 is 0 Å². The van der Waals surface area contributed by atoms with E-state index in [1.54, 1.807) is 0 Å². The summed E-state index contributed by atoms with van der Waals surface area (Å²) in [6.07, 6.45) is -0.772. The number of rotatable bonds is 10. The summed E-state index contributed by atoms with van der Waals surface area (Å²) >= 11 is 0. The smallest absolute Gasteiger partial charge is 0.184 e. The lowest BCUT2D eigenvalue weighted by molar-refractivity contribution is -0.253. The molecule has 0 bridgehead atoms. The zero-order valence-electron chi connectivity index (χ0n) is 23.8. The molecule has 0 saturated carbocycles. The van der Waals surface area contributed by atoms with Crippen LogP contribution >= 0.6 is 0 Å². The summed E-state index contributed by atoms with van der Waals surface area (Å²) in [5.41, 5.74) is 13.1. The van der Waals surface area contributed by atoms with Gasteiger partial charge in [0, 0.05) is 31.1 Å². The molecule has 1 aliphatic rings. The van der Waals surface area contributed by atoms with Crippen LogP contribution in [0.1, 0.15) is 59.7 Å². The van der Waals surface area contributed by atoms with Crippen LogP contribution in [0.15, 0.2) is 103 Å². The molecule has 214 valence electrons. The zero-order valence-corrected chi connectivity index (χ0v) is 23.8. The van der Waals surface area contributed by atoms with Crippen LogP contribution in [-0.2, 0) is 22.6 Å². The summed E-state index contributed by atoms with van der Waals surface area (Å²) in [6.45, 7) is 3.16. The third-order valence-corrected chi connectivity index (χ3v) is 8.13. The molecule has 5 atom stereocenters. The zero-order chi connectivity index (χ0) is 28.8. The summed E-state index contributed by atoms with van der Waals surface area (Å²) < 4.78 is 13.1. The fourth-order valence-corrected chi connectivity index (χ4v) is 5.49. The summed E-state index contributed by atoms with van der Waals surface area (Å²) in [7, 11) is 2.03. The van der Waals surface area contributed by atoms with E-state index in [2.05, 4.69) is 41.3 Å². The van der Waals surface area contributed by atoms with Gasteiger partial charge in [0.15, 0.2) is 6.29 Å². The first-order valence-corrected chi connectivity index (χ1v) is 14.3. The van der Waals surface area contributed by atoms with Crippen LogP contribution in [0.2, 0.25) is 0 Å². The van der Waals surface area contributed by atoms with Crippen molar-refractivity contribution < 1.29 is 19.7 Å². The maximum absolute atomic E-state index is 11.0. The van der Waals surface area contributed by atoms with Gasteiger partial charge < -0.3 is 25.4 Å². The standard InChI is InChI=1S/C35H40N2O4/c1-24(34(39)28-8-4-3-5-9-28)37(2)22-31-20-33(27-14-12-25(23-38)13-15-27)41-35(40-31)29-18-16-26(17-19-29)32-11-7-6-10-30(32)21-36/h3-19,24,31,33-35,38-39H,20-23,36H2,1-2H3. The average Bonchev–Trinajstić information content (AvgIpc) is 3.04. The van der Waals surface area contributed by atoms with Crippen molar-refractivity contribution in [3.63, 3.8) is 0 Å². The van der Waals surface area contributed by atoms with Gasteiger partial charge in [0.05, 0.1) is 24.9 Å². The van der Waals surface area contributed by atoms with Crippen LogP contribution in [-0.4, -0.2) is 40.9 Å². The Balaban J connectivity index is 1.36. The molecule has 41 heavy (non-hydrogen) atoms. The number of nitrogens with zero attached hydrogens (tertiary/aromatic N) is 1. The molecular weight excluding hydrogens is 512 g/mol. The molecule has 0 aromatic heterocycles. The number of aliphatic hydroxyl groups is 2. The number of aliphatic hydroxyl groups excluding tert-OH is 2. The molecule has 0 radical (unpaired) electrons. The molecule has 0 aliphatic carbocycles. The van der Waals surface area contributed by atoms with E-state index in [1.165, 1.54) is 0 Å². The van der Waals surface area contributed by atoms with E-state index in [-0.39, 0.29) is 24.9 Å². The normalized spacial score (nSPS) is 20.6. The molecule has 6 heteroatoms. The van der Waals surface area contributed by atoms with Gasteiger partial charge >= 0.3 is 0 Å². The van der Waals surface area contributed by atoms with Crippen LogP contribution in [0, 0.1) is 0 Å². The van der Waals surface area contributed by atoms with Crippen molar-refractivity contribution in [2.75, 3.05) is 13.6 Å². The molecule has 1 aliphatic heterocycles. The van der Waals surface area contributed by atoms with Crippen LogP contribution in [0.25, 0.3) is 11.1 Å². The van der Waals surface area contributed by atoms with Crippen molar-refractivity contribution in [2.45, 2.75) is 57.1 Å². The van der Waals surface area contributed by atoms with Crippen LogP contribution in [0.5, 0.6) is 0 Å². The van der Waals surface area contributed by atoms with Gasteiger partial charge in [0.25, 0.3) is 0 Å². The number of benzene rings is 4. The van der Waals surface area contributed by atoms with Gasteiger partial charge in [0.2, 0.25) is 0 Å². The van der Waals surface area contributed by atoms with E-state index in [0.29, 0.717) is 19.5 Å². The number of ether oxygens (including phenoxy) is 2. The van der Waals surface area contributed by atoms with Crippen molar-refractivity contribution in [3.05, 3.63) is 131 Å². The Morgan fingerprint density at radius 1 is 0.854 bits per heavy atom. The third kappa shape index (κ3) is 6.93. The predicted octanol–water partition coefficient (Wildman–Crippen LogP) is 5.90. The Morgan fingerprint density at radius 3 is 2.20 bits per heavy atom. The van der Waals surface area contributed by atoms with E-state index in [1.807, 2.05) is 80.7 Å². The monoisotopic (exact) mass is 552 g/mol. The second-order valence-corrected chi connectivity index (χ2v) is 10.9. The highest BCUT2D eigenvalue weighted by atomic mass is 16.7. The van der Waals surface area contributed by atoms with Crippen molar-refractivity contribution in [3.8, 4) is 11.1 Å². The Labute approximate surface area is 243 Å². The second kappa shape index (κ2) is 13.5. The molecule has 4 aromatic carbocycles. The third-order valence-electron chi connectivity index (χ3n) is 8.13. The van der Waals surface area contributed by atoms with Crippen molar-refractivity contribution in [1.29, 1.82) is 0 Å². The lowest BCUT2D eigenvalue weighted by Crippen LogP contribution is -2.43. The molecule has 5 rings (SSSR count). The second-order valence-electron chi connectivity index (χ2n) is 10.9. The largest absolute Gasteiger partial charge is 0.392 e. The first kappa shape index (κ1) is 29.1. The lowest BCUT2D eigenvalue weighted by atomic mass is 9.97. The molecule has 0 spiro atoms. The van der Waals surface area contributed by atoms with Crippen LogP contribution < -0.4 is 5.73 Å². The highest BCUT2D eigenvalue weighted by Crippen LogP contribution is 2.39. The maximum Gasteiger partial charge on any atom is 0.184 e. The van der Waals surface area contributed by atoms with Gasteiger partial charge in [-0.25, -0.2) is 0 Å². The molecule has 4 N–H and O–H groups in total. The summed E-state index contributed by atoms with van der Waals surface area (Å²) in [6, 6.07) is 34.1. The summed E-state index contributed by atoms with van der Waals surface area (Å²) in [4.78, 5) is 2.16. The van der Waals surface area contributed by atoms with Crippen molar-refractivity contribution in [1.82, 2.24) is 4.90 Å². The van der Waals surface area contributed by atoms with Crippen LogP contribution in [0.4, 0.5) is 0 Å². The van der Waals surface area contributed by atoms with Gasteiger partial charge in [-0.3, -0.25) is 4.90 Å². The van der Waals surface area contributed by atoms with Gasteiger partial charge in [-0.05, 0) is 47.4 Å². The van der Waals surface area contributed by atoms with Gasteiger partial charge in [0.1, 0.15) is 0 Å². The van der Waals surface area contributed by atoms with E-state index < -0.39 is 12.4 Å². The van der Waals surface area contributed by atoms with Crippen molar-refractivity contribution in [2.24, 2.45) is 5.73 Å². The highest BCUT2D eigenvalue weighted by molar-refractivity contribution is 5.67. The van der Waals surface area contributed by atoms with E-state index in [4.69, 9.17) is 15.2 Å². The SMILES string of the molecule is CC(C(O)c1ccccc1)N(C)CC1CC(c2ccc(CO)cc2)OC(c2ccc(-c3ccccc3CN)cc2)O1. The minimum atomic E-state index is -0.609. The molecule has 1 heterocycles. The fourth-order valence-electron chi connectivity index (χ4n) is 5.49. The van der Waals surface area contributed by atoms with Crippen LogP contribution in [0.3, 0.4) is 0 Å². The Hall–Kier alpha value is -3.36. The summed E-state index contributed by atoms with van der Waals surface area (Å²) in [5.74, 6) is 0. The Kier molecular flexibility index (Phi) is 9.62. The molecular formula is C35H40N2O4. The maximum atomic E-state index is 11.0. The minimum Gasteiger partial charge on any atom is -0.392 e. The molecule has 5 unspecified atom stereocenters. The quantitative estimate of drug-likeness (QED) is 0.227. The topological polar surface area (TPSA) is 88.2 Å². The number of hydrogen-bond acceptors (Lipinski definition) is 6. The van der Waals surface area contributed by atoms with E-state index in [9.17, 15) is 10.2 Å². The average molecular weight is 553 g/mol. The van der Waals surface area contributed by atoms with Gasteiger partial charge in [-0.15, -0.1) is 0 Å². The molecule has 0 amide bonds. The minimum absolute atomic E-state index is 0.00617. The first-order valence-electron chi connectivity index (χ1n) is 14.3. The lowest BCUT2D eigenvalue weighted by Gasteiger charge is -2.39.